The molecule has 2 rings (SSSR count). The van der Waals surface area contributed by atoms with Crippen molar-refractivity contribution < 1.29 is 9.53 Å². The number of rotatable bonds is 4. The van der Waals surface area contributed by atoms with E-state index in [1.54, 1.807) is 0 Å². The monoisotopic (exact) mass is 281 g/mol. The lowest BCUT2D eigenvalue weighted by Crippen LogP contribution is -2.42. The van der Waals surface area contributed by atoms with Gasteiger partial charge in [-0.3, -0.25) is 9.79 Å². The van der Waals surface area contributed by atoms with Crippen molar-refractivity contribution in [2.75, 3.05) is 27.2 Å². The third kappa shape index (κ3) is 3.25. The van der Waals surface area contributed by atoms with Crippen molar-refractivity contribution in [3.8, 4) is 0 Å². The molecule has 0 aromatic carbocycles. The highest BCUT2D eigenvalue weighted by atomic mass is 16.5. The Bertz CT molecular complexity index is 383. The first-order valence-electron chi connectivity index (χ1n) is 7.66. The second-order valence-corrected chi connectivity index (χ2v) is 6.09. The van der Waals surface area contributed by atoms with Crippen LogP contribution in [0.1, 0.15) is 33.1 Å². The summed E-state index contributed by atoms with van der Waals surface area (Å²) in [5, 5.41) is 3.54. The summed E-state index contributed by atoms with van der Waals surface area (Å²) in [6, 6.07) is 0.570. The first kappa shape index (κ1) is 15.1. The third-order valence-corrected chi connectivity index (χ3v) is 4.52. The highest BCUT2D eigenvalue weighted by Crippen LogP contribution is 2.35. The van der Waals surface area contributed by atoms with Crippen molar-refractivity contribution in [1.82, 2.24) is 10.2 Å². The summed E-state index contributed by atoms with van der Waals surface area (Å²) < 4.78 is 4.88. The van der Waals surface area contributed by atoms with E-state index in [1.165, 1.54) is 26.4 Å². The van der Waals surface area contributed by atoms with E-state index < -0.39 is 0 Å². The third-order valence-electron chi connectivity index (χ3n) is 4.52. The molecule has 1 heterocycles. The fraction of sp³-hybridized carbons (Fsp3) is 0.867. The smallest absolute Gasteiger partial charge is 0.310 e. The number of hydrogen-bond acceptors (Lipinski definition) is 3. The van der Waals surface area contributed by atoms with Crippen LogP contribution in [0.3, 0.4) is 0 Å². The molecule has 1 saturated heterocycles. The average molecular weight is 281 g/mol. The summed E-state index contributed by atoms with van der Waals surface area (Å²) in [4.78, 5) is 18.3. The zero-order chi connectivity index (χ0) is 14.7. The molecular weight excluding hydrogens is 254 g/mol. The molecule has 0 amide bonds. The Hall–Kier alpha value is -1.26. The Morgan fingerprint density at radius 3 is 2.80 bits per heavy atom. The van der Waals surface area contributed by atoms with Gasteiger partial charge in [0.05, 0.1) is 13.0 Å². The molecule has 4 unspecified atom stereocenters. The molecule has 5 heteroatoms. The number of methoxy groups -OCH3 is 1. The van der Waals surface area contributed by atoms with Crippen molar-refractivity contribution in [2.24, 2.45) is 22.7 Å². The minimum atomic E-state index is -0.106. The molecule has 0 aromatic heterocycles. The minimum Gasteiger partial charge on any atom is -0.469 e. The maximum absolute atomic E-state index is 11.7. The summed E-state index contributed by atoms with van der Waals surface area (Å²) in [6.45, 7) is 5.91. The SMILES string of the molecule is CCCC1CC1NC(=NC)N1CC(C)C(C(=O)OC)C1. The number of esters is 1. The van der Waals surface area contributed by atoms with E-state index in [-0.39, 0.29) is 11.9 Å². The van der Waals surface area contributed by atoms with Gasteiger partial charge < -0.3 is 15.0 Å². The molecule has 20 heavy (non-hydrogen) atoms. The number of guanidine groups is 1. The van der Waals surface area contributed by atoms with E-state index in [4.69, 9.17) is 4.74 Å². The number of carbonyl (C=O) groups excluding carboxylic acids is 1. The summed E-state index contributed by atoms with van der Waals surface area (Å²) in [5.41, 5.74) is 0. The van der Waals surface area contributed by atoms with Crippen molar-refractivity contribution >= 4 is 11.9 Å². The number of hydrogen-bond donors (Lipinski definition) is 1. The maximum Gasteiger partial charge on any atom is 0.310 e. The summed E-state index contributed by atoms with van der Waals surface area (Å²) in [7, 11) is 3.28. The van der Waals surface area contributed by atoms with Gasteiger partial charge in [0.25, 0.3) is 0 Å². The Balaban J connectivity index is 1.89. The van der Waals surface area contributed by atoms with Gasteiger partial charge in [0.15, 0.2) is 5.96 Å². The van der Waals surface area contributed by atoms with Gasteiger partial charge in [-0.25, -0.2) is 0 Å². The van der Waals surface area contributed by atoms with E-state index in [9.17, 15) is 4.79 Å². The van der Waals surface area contributed by atoms with Crippen LogP contribution in [0.15, 0.2) is 4.99 Å². The molecule has 1 aliphatic carbocycles. The Labute approximate surface area is 121 Å². The van der Waals surface area contributed by atoms with Crippen LogP contribution in [0, 0.1) is 17.8 Å². The van der Waals surface area contributed by atoms with Gasteiger partial charge in [-0.1, -0.05) is 20.3 Å². The Morgan fingerprint density at radius 1 is 1.45 bits per heavy atom. The molecule has 1 saturated carbocycles. The highest BCUT2D eigenvalue weighted by molar-refractivity contribution is 5.82. The van der Waals surface area contributed by atoms with Crippen LogP contribution in [0.25, 0.3) is 0 Å². The first-order chi connectivity index (χ1) is 9.60. The number of nitrogens with zero attached hydrogens (tertiary/aromatic N) is 2. The van der Waals surface area contributed by atoms with Gasteiger partial charge in [-0.15, -0.1) is 0 Å². The van der Waals surface area contributed by atoms with Crippen molar-refractivity contribution in [1.29, 1.82) is 0 Å². The van der Waals surface area contributed by atoms with E-state index in [1.807, 2.05) is 7.05 Å². The highest BCUT2D eigenvalue weighted by Gasteiger charge is 2.40. The first-order valence-corrected chi connectivity index (χ1v) is 7.66. The van der Waals surface area contributed by atoms with Crippen LogP contribution < -0.4 is 5.32 Å². The van der Waals surface area contributed by atoms with Crippen LogP contribution >= 0.6 is 0 Å². The second-order valence-electron chi connectivity index (χ2n) is 6.09. The van der Waals surface area contributed by atoms with Gasteiger partial charge in [0, 0.05) is 26.2 Å². The summed E-state index contributed by atoms with van der Waals surface area (Å²) in [5.74, 6) is 1.90. The molecular formula is C15H27N3O2. The molecule has 0 aromatic rings. The predicted molar refractivity (Wildman–Crippen MR) is 79.5 cm³/mol. The number of likely N-dealkylation sites (tertiary alicyclic amines) is 1. The zero-order valence-corrected chi connectivity index (χ0v) is 13.1. The van der Waals surface area contributed by atoms with E-state index >= 15 is 0 Å². The van der Waals surface area contributed by atoms with Crippen LogP contribution in [-0.4, -0.2) is 50.1 Å². The maximum atomic E-state index is 11.7. The fourth-order valence-corrected chi connectivity index (χ4v) is 3.18. The summed E-state index contributed by atoms with van der Waals surface area (Å²) in [6.07, 6.45) is 3.78. The molecule has 5 nitrogen and oxygen atoms in total. The van der Waals surface area contributed by atoms with E-state index in [0.717, 1.165) is 18.4 Å². The summed E-state index contributed by atoms with van der Waals surface area (Å²) >= 11 is 0. The van der Waals surface area contributed by atoms with E-state index in [0.29, 0.717) is 18.5 Å². The number of aliphatic imine (C=N–C) groups is 1. The Morgan fingerprint density at radius 2 is 2.20 bits per heavy atom. The molecule has 0 bridgehead atoms. The predicted octanol–water partition coefficient (Wildman–Crippen LogP) is 1.49. The van der Waals surface area contributed by atoms with Crippen LogP contribution in [0.4, 0.5) is 0 Å². The lowest BCUT2D eigenvalue weighted by molar-refractivity contribution is -0.145. The standard InChI is InChI=1S/C15H27N3O2/c1-5-6-11-7-13(11)17-15(16-3)18-8-10(2)12(9-18)14(19)20-4/h10-13H,5-9H2,1-4H3,(H,16,17). The molecule has 0 radical (unpaired) electrons. The van der Waals surface area contributed by atoms with Gasteiger partial charge in [0.2, 0.25) is 0 Å². The molecule has 114 valence electrons. The van der Waals surface area contributed by atoms with Gasteiger partial charge in [-0.2, -0.15) is 0 Å². The number of ether oxygens (including phenoxy) is 1. The van der Waals surface area contributed by atoms with Crippen LogP contribution in [-0.2, 0) is 9.53 Å². The molecule has 0 spiro atoms. The fourth-order valence-electron chi connectivity index (χ4n) is 3.18. The topological polar surface area (TPSA) is 53.9 Å². The zero-order valence-electron chi connectivity index (χ0n) is 13.1. The molecule has 1 N–H and O–H groups in total. The lowest BCUT2D eigenvalue weighted by atomic mass is 9.99. The van der Waals surface area contributed by atoms with Crippen LogP contribution in [0.5, 0.6) is 0 Å². The quantitative estimate of drug-likeness (QED) is 0.482. The lowest BCUT2D eigenvalue weighted by Gasteiger charge is -2.21. The molecule has 2 fully saturated rings. The molecule has 1 aliphatic heterocycles. The largest absolute Gasteiger partial charge is 0.469 e. The number of nitrogens with one attached hydrogen (secondary N) is 1. The normalized spacial score (nSPS) is 33.2. The van der Waals surface area contributed by atoms with Gasteiger partial charge in [0.1, 0.15) is 0 Å². The molecule has 4 atom stereocenters. The van der Waals surface area contributed by atoms with Gasteiger partial charge in [-0.05, 0) is 24.7 Å². The minimum absolute atomic E-state index is 0.0378. The van der Waals surface area contributed by atoms with Gasteiger partial charge >= 0.3 is 5.97 Å². The molecule has 2 aliphatic rings. The average Bonchev–Trinajstić information content (AvgIpc) is 3.06. The Kier molecular flexibility index (Phi) is 4.89. The van der Waals surface area contributed by atoms with Crippen molar-refractivity contribution in [3.63, 3.8) is 0 Å². The number of carbonyl (C=O) groups is 1. The van der Waals surface area contributed by atoms with Crippen molar-refractivity contribution in [3.05, 3.63) is 0 Å². The van der Waals surface area contributed by atoms with E-state index in [2.05, 4.69) is 29.1 Å². The second kappa shape index (κ2) is 6.46. The van der Waals surface area contributed by atoms with Crippen molar-refractivity contribution in [2.45, 2.75) is 39.2 Å². The van der Waals surface area contributed by atoms with Crippen LogP contribution in [0.2, 0.25) is 0 Å².